The molecule has 0 aliphatic heterocycles. The second-order valence-electron chi connectivity index (χ2n) is 7.82. The van der Waals surface area contributed by atoms with Crippen molar-refractivity contribution in [2.24, 2.45) is 13.0 Å². The van der Waals surface area contributed by atoms with Crippen molar-refractivity contribution in [3.63, 3.8) is 0 Å². The number of rotatable bonds is 5. The number of halogens is 1. The largest absolute Gasteiger partial charge is 0.493 e. The molecule has 0 radical (unpaired) electrons. The number of hydrogen-bond acceptors (Lipinski definition) is 5. The third-order valence-corrected chi connectivity index (χ3v) is 5.62. The van der Waals surface area contributed by atoms with E-state index in [1.54, 1.807) is 23.9 Å². The van der Waals surface area contributed by atoms with Crippen LogP contribution in [-0.2, 0) is 11.8 Å². The minimum Gasteiger partial charge on any atom is -0.493 e. The summed E-state index contributed by atoms with van der Waals surface area (Å²) in [6.45, 7) is 1.98. The fraction of sp³-hybridized carbons (Fsp3) is 0.273. The SMILES string of the molecule is COc1cnn(C)c1-c1cc2cc(NC(=O)C3CC3c3ccc(C)cn3)nn2cc1F. The molecule has 0 saturated heterocycles. The fourth-order valence-corrected chi connectivity index (χ4v) is 3.86. The van der Waals surface area contributed by atoms with Crippen molar-refractivity contribution in [3.8, 4) is 17.0 Å². The van der Waals surface area contributed by atoms with E-state index in [4.69, 9.17) is 4.74 Å². The van der Waals surface area contributed by atoms with E-state index in [9.17, 15) is 9.18 Å². The van der Waals surface area contributed by atoms with Gasteiger partial charge in [0.25, 0.3) is 0 Å². The monoisotopic (exact) mass is 420 g/mol. The van der Waals surface area contributed by atoms with Crippen molar-refractivity contribution in [1.29, 1.82) is 0 Å². The summed E-state index contributed by atoms with van der Waals surface area (Å²) < 4.78 is 23.1. The highest BCUT2D eigenvalue weighted by Crippen LogP contribution is 2.47. The number of aryl methyl sites for hydroxylation is 2. The number of pyridine rings is 2. The minimum atomic E-state index is -0.469. The molecule has 31 heavy (non-hydrogen) atoms. The summed E-state index contributed by atoms with van der Waals surface area (Å²) in [6.07, 6.45) is 5.39. The summed E-state index contributed by atoms with van der Waals surface area (Å²) in [5.41, 5.74) is 3.53. The Morgan fingerprint density at radius 3 is 2.87 bits per heavy atom. The molecule has 1 aliphatic rings. The summed E-state index contributed by atoms with van der Waals surface area (Å²) in [7, 11) is 3.24. The van der Waals surface area contributed by atoms with Crippen LogP contribution in [0.15, 0.2) is 42.9 Å². The summed E-state index contributed by atoms with van der Waals surface area (Å²) in [5, 5.41) is 11.3. The molecule has 1 fully saturated rings. The molecule has 9 heteroatoms. The van der Waals surface area contributed by atoms with Crippen LogP contribution < -0.4 is 10.1 Å². The van der Waals surface area contributed by atoms with E-state index in [1.165, 1.54) is 24.0 Å². The number of carbonyl (C=O) groups excluding carboxylic acids is 1. The van der Waals surface area contributed by atoms with Crippen LogP contribution in [-0.4, -0.2) is 37.4 Å². The molecule has 1 aliphatic carbocycles. The molecule has 1 amide bonds. The number of amides is 1. The normalized spacial score (nSPS) is 17.7. The second kappa shape index (κ2) is 7.19. The van der Waals surface area contributed by atoms with Gasteiger partial charge in [-0.1, -0.05) is 6.07 Å². The Bertz CT molecular complexity index is 1290. The predicted octanol–water partition coefficient (Wildman–Crippen LogP) is 3.33. The molecule has 5 rings (SSSR count). The lowest BCUT2D eigenvalue weighted by molar-refractivity contribution is -0.117. The average Bonchev–Trinajstić information content (AvgIpc) is 3.33. The van der Waals surface area contributed by atoms with E-state index in [2.05, 4.69) is 20.5 Å². The van der Waals surface area contributed by atoms with E-state index in [0.29, 0.717) is 28.3 Å². The molecule has 0 spiro atoms. The highest BCUT2D eigenvalue weighted by Gasteiger charge is 2.45. The Morgan fingerprint density at radius 2 is 2.13 bits per heavy atom. The van der Waals surface area contributed by atoms with Crippen molar-refractivity contribution < 1.29 is 13.9 Å². The standard InChI is InChI=1S/C22H21FN6O2/c1-12-4-5-18(24-9-12)14-8-15(14)22(30)26-20-7-13-6-16(17(23)11-29(13)27-20)21-19(31-3)10-25-28(21)2/h4-7,9-11,14-15H,8H2,1-3H3,(H,26,27,30). The average molecular weight is 420 g/mol. The van der Waals surface area contributed by atoms with E-state index in [1.807, 2.05) is 25.3 Å². The first-order valence-electron chi connectivity index (χ1n) is 9.93. The van der Waals surface area contributed by atoms with Crippen LogP contribution in [0.25, 0.3) is 16.8 Å². The predicted molar refractivity (Wildman–Crippen MR) is 112 cm³/mol. The van der Waals surface area contributed by atoms with E-state index in [-0.39, 0.29) is 17.7 Å². The van der Waals surface area contributed by atoms with Crippen LogP contribution in [0.3, 0.4) is 0 Å². The van der Waals surface area contributed by atoms with Gasteiger partial charge in [-0.2, -0.15) is 5.10 Å². The molecule has 2 atom stereocenters. The number of nitrogens with one attached hydrogen (secondary N) is 1. The number of nitrogens with zero attached hydrogens (tertiary/aromatic N) is 5. The third kappa shape index (κ3) is 3.41. The van der Waals surface area contributed by atoms with Gasteiger partial charge in [-0.3, -0.25) is 14.5 Å². The lowest BCUT2D eigenvalue weighted by Crippen LogP contribution is -2.15. The zero-order valence-corrected chi connectivity index (χ0v) is 17.3. The van der Waals surface area contributed by atoms with Crippen LogP contribution in [0.2, 0.25) is 0 Å². The quantitative estimate of drug-likeness (QED) is 0.535. The minimum absolute atomic E-state index is 0.107. The van der Waals surface area contributed by atoms with Gasteiger partial charge in [-0.15, -0.1) is 5.10 Å². The molecular formula is C22H21FN6O2. The number of carbonyl (C=O) groups is 1. The van der Waals surface area contributed by atoms with Gasteiger partial charge in [0, 0.05) is 42.4 Å². The van der Waals surface area contributed by atoms with Crippen molar-refractivity contribution >= 4 is 17.2 Å². The highest BCUT2D eigenvalue weighted by atomic mass is 19.1. The van der Waals surface area contributed by atoms with Gasteiger partial charge in [0.05, 0.1) is 25.0 Å². The molecule has 8 nitrogen and oxygen atoms in total. The fourth-order valence-electron chi connectivity index (χ4n) is 3.86. The zero-order valence-electron chi connectivity index (χ0n) is 17.3. The summed E-state index contributed by atoms with van der Waals surface area (Å²) in [5.74, 6) is 0.266. The Morgan fingerprint density at radius 1 is 1.29 bits per heavy atom. The summed E-state index contributed by atoms with van der Waals surface area (Å²) in [6, 6.07) is 7.34. The topological polar surface area (TPSA) is 86.3 Å². The van der Waals surface area contributed by atoms with E-state index >= 15 is 0 Å². The van der Waals surface area contributed by atoms with Crippen molar-refractivity contribution in [3.05, 3.63) is 59.9 Å². The van der Waals surface area contributed by atoms with Gasteiger partial charge in [0.15, 0.2) is 17.4 Å². The van der Waals surface area contributed by atoms with Gasteiger partial charge in [-0.25, -0.2) is 8.91 Å². The molecule has 158 valence electrons. The van der Waals surface area contributed by atoms with E-state index < -0.39 is 5.82 Å². The van der Waals surface area contributed by atoms with Crippen LogP contribution in [0.1, 0.15) is 23.6 Å². The van der Waals surface area contributed by atoms with Gasteiger partial charge in [0.1, 0.15) is 5.69 Å². The number of ether oxygens (including phenoxy) is 1. The lowest BCUT2D eigenvalue weighted by Gasteiger charge is -2.07. The Hall–Kier alpha value is -3.75. The molecule has 4 aromatic rings. The molecule has 0 aromatic carbocycles. The van der Waals surface area contributed by atoms with Crippen molar-refractivity contribution in [2.75, 3.05) is 12.4 Å². The number of anilines is 1. The number of methoxy groups -OCH3 is 1. The maximum Gasteiger partial charge on any atom is 0.229 e. The van der Waals surface area contributed by atoms with Gasteiger partial charge >= 0.3 is 0 Å². The van der Waals surface area contributed by atoms with Crippen LogP contribution in [0.4, 0.5) is 10.2 Å². The summed E-state index contributed by atoms with van der Waals surface area (Å²) in [4.78, 5) is 17.1. The highest BCUT2D eigenvalue weighted by molar-refractivity contribution is 5.95. The lowest BCUT2D eigenvalue weighted by atomic mass is 10.1. The van der Waals surface area contributed by atoms with Gasteiger partial charge in [0.2, 0.25) is 5.91 Å². The van der Waals surface area contributed by atoms with Gasteiger partial charge < -0.3 is 10.1 Å². The second-order valence-corrected chi connectivity index (χ2v) is 7.82. The Kier molecular flexibility index (Phi) is 4.46. The molecule has 4 heterocycles. The number of aromatic nitrogens is 5. The molecule has 4 aromatic heterocycles. The first-order valence-corrected chi connectivity index (χ1v) is 9.93. The molecular weight excluding hydrogens is 399 g/mol. The molecule has 1 N–H and O–H groups in total. The van der Waals surface area contributed by atoms with E-state index in [0.717, 1.165) is 17.7 Å². The first-order chi connectivity index (χ1) is 14.9. The molecule has 2 unspecified atom stereocenters. The first kappa shape index (κ1) is 19.2. The summed E-state index contributed by atoms with van der Waals surface area (Å²) >= 11 is 0. The van der Waals surface area contributed by atoms with Crippen LogP contribution in [0.5, 0.6) is 5.75 Å². The van der Waals surface area contributed by atoms with Gasteiger partial charge in [-0.05, 0) is 31.0 Å². The number of fused-ring (bicyclic) bond motifs is 1. The zero-order chi connectivity index (χ0) is 21.7. The Balaban J connectivity index is 1.37. The maximum atomic E-state index is 14.8. The van der Waals surface area contributed by atoms with Crippen molar-refractivity contribution in [2.45, 2.75) is 19.3 Å². The molecule has 0 bridgehead atoms. The maximum absolute atomic E-state index is 14.8. The Labute approximate surface area is 177 Å². The van der Waals surface area contributed by atoms with Crippen LogP contribution >= 0.6 is 0 Å². The van der Waals surface area contributed by atoms with Crippen molar-refractivity contribution in [1.82, 2.24) is 24.4 Å². The smallest absolute Gasteiger partial charge is 0.229 e. The molecule has 1 saturated carbocycles. The number of hydrogen-bond donors (Lipinski definition) is 1. The van der Waals surface area contributed by atoms with Crippen LogP contribution in [0, 0.1) is 18.7 Å². The third-order valence-electron chi connectivity index (χ3n) is 5.62.